The maximum absolute atomic E-state index is 10.7. The van der Waals surface area contributed by atoms with Crippen LogP contribution in [0.25, 0.3) is 0 Å². The van der Waals surface area contributed by atoms with E-state index >= 15 is 0 Å². The number of hydrogen-bond acceptors (Lipinski definition) is 4. The molecule has 5 nitrogen and oxygen atoms in total. The Labute approximate surface area is 76.6 Å². The Bertz CT molecular complexity index is 195. The number of aliphatic hydroxyl groups excluding tert-OH is 2. The lowest BCUT2D eigenvalue weighted by Crippen LogP contribution is -2.40. The highest BCUT2D eigenvalue weighted by molar-refractivity contribution is 5.74. The Kier molecular flexibility index (Phi) is 3.24. The number of carboxylic acids is 1. The van der Waals surface area contributed by atoms with Crippen LogP contribution in [0.4, 0.5) is 0 Å². The minimum Gasteiger partial charge on any atom is -0.480 e. The summed E-state index contributed by atoms with van der Waals surface area (Å²) in [6, 6.07) is -0.649. The van der Waals surface area contributed by atoms with Crippen molar-refractivity contribution in [2.75, 3.05) is 13.1 Å². The normalized spacial score (nSPS) is 31.9. The van der Waals surface area contributed by atoms with Gasteiger partial charge in [-0.3, -0.25) is 9.69 Å². The molecule has 1 rings (SSSR count). The van der Waals surface area contributed by atoms with Crippen LogP contribution < -0.4 is 0 Å². The highest BCUT2D eigenvalue weighted by atomic mass is 16.4. The van der Waals surface area contributed by atoms with Crippen LogP contribution in [0.15, 0.2) is 0 Å². The molecule has 3 atom stereocenters. The minimum atomic E-state index is -0.933. The first kappa shape index (κ1) is 10.4. The van der Waals surface area contributed by atoms with Gasteiger partial charge in [-0.1, -0.05) is 0 Å². The molecule has 0 aromatic carbocycles. The SMILES string of the molecule is CC(O)CN1CC(O)CC1C(=O)O. The van der Waals surface area contributed by atoms with Gasteiger partial charge in [0.05, 0.1) is 12.2 Å². The van der Waals surface area contributed by atoms with Gasteiger partial charge in [-0.2, -0.15) is 0 Å². The number of nitrogens with zero attached hydrogens (tertiary/aromatic N) is 1. The highest BCUT2D eigenvalue weighted by Crippen LogP contribution is 2.17. The van der Waals surface area contributed by atoms with Crippen LogP contribution in [0.5, 0.6) is 0 Å². The summed E-state index contributed by atoms with van der Waals surface area (Å²) in [7, 11) is 0. The maximum Gasteiger partial charge on any atom is 0.321 e. The molecular weight excluding hydrogens is 174 g/mol. The zero-order valence-corrected chi connectivity index (χ0v) is 7.55. The first-order chi connectivity index (χ1) is 6.00. The third-order valence-corrected chi connectivity index (χ3v) is 2.17. The molecule has 0 radical (unpaired) electrons. The van der Waals surface area contributed by atoms with E-state index < -0.39 is 24.2 Å². The van der Waals surface area contributed by atoms with E-state index in [0.717, 1.165) is 0 Å². The van der Waals surface area contributed by atoms with Crippen LogP contribution in [0, 0.1) is 0 Å². The quantitative estimate of drug-likeness (QED) is 0.524. The first-order valence-electron chi connectivity index (χ1n) is 4.33. The average Bonchev–Trinajstić information content (AvgIpc) is 2.29. The molecule has 0 spiro atoms. The van der Waals surface area contributed by atoms with Crippen molar-refractivity contribution in [3.63, 3.8) is 0 Å². The Hall–Kier alpha value is -0.650. The van der Waals surface area contributed by atoms with E-state index in [0.29, 0.717) is 13.1 Å². The van der Waals surface area contributed by atoms with Crippen molar-refractivity contribution < 1.29 is 20.1 Å². The second-order valence-electron chi connectivity index (χ2n) is 3.55. The number of carboxylic acid groups (broad SMARTS) is 1. The van der Waals surface area contributed by atoms with Gasteiger partial charge in [0.2, 0.25) is 0 Å². The molecule has 76 valence electrons. The van der Waals surface area contributed by atoms with E-state index in [-0.39, 0.29) is 6.42 Å². The van der Waals surface area contributed by atoms with Gasteiger partial charge in [0.15, 0.2) is 0 Å². The van der Waals surface area contributed by atoms with Gasteiger partial charge in [-0.05, 0) is 6.92 Å². The summed E-state index contributed by atoms with van der Waals surface area (Å²) in [5, 5.41) is 27.1. The zero-order chi connectivity index (χ0) is 10.0. The van der Waals surface area contributed by atoms with Crippen molar-refractivity contribution >= 4 is 5.97 Å². The van der Waals surface area contributed by atoms with Crippen LogP contribution in [-0.4, -0.2) is 57.5 Å². The molecule has 1 heterocycles. The number of likely N-dealkylation sites (tertiary alicyclic amines) is 1. The molecule has 0 bridgehead atoms. The Morgan fingerprint density at radius 2 is 2.31 bits per heavy atom. The predicted molar refractivity (Wildman–Crippen MR) is 45.3 cm³/mol. The van der Waals surface area contributed by atoms with Crippen molar-refractivity contribution in [3.05, 3.63) is 0 Å². The van der Waals surface area contributed by atoms with Gasteiger partial charge in [0.25, 0.3) is 0 Å². The van der Waals surface area contributed by atoms with Gasteiger partial charge in [-0.25, -0.2) is 0 Å². The molecule has 0 aromatic heterocycles. The fourth-order valence-corrected chi connectivity index (χ4v) is 1.68. The summed E-state index contributed by atoms with van der Waals surface area (Å²) in [6.45, 7) is 2.24. The third-order valence-electron chi connectivity index (χ3n) is 2.17. The van der Waals surface area contributed by atoms with Gasteiger partial charge in [0, 0.05) is 19.5 Å². The molecular formula is C8H15NO4. The van der Waals surface area contributed by atoms with Gasteiger partial charge >= 0.3 is 5.97 Å². The van der Waals surface area contributed by atoms with Crippen molar-refractivity contribution in [3.8, 4) is 0 Å². The minimum absolute atomic E-state index is 0.252. The molecule has 3 N–H and O–H groups in total. The fraction of sp³-hybridized carbons (Fsp3) is 0.875. The molecule has 1 fully saturated rings. The van der Waals surface area contributed by atoms with Crippen molar-refractivity contribution in [2.45, 2.75) is 31.6 Å². The van der Waals surface area contributed by atoms with Crippen LogP contribution in [0.3, 0.4) is 0 Å². The Morgan fingerprint density at radius 3 is 2.77 bits per heavy atom. The molecule has 0 amide bonds. The van der Waals surface area contributed by atoms with Gasteiger partial charge in [-0.15, -0.1) is 0 Å². The number of aliphatic hydroxyl groups is 2. The standard InChI is InChI=1S/C8H15NO4/c1-5(10)3-9-4-6(11)2-7(9)8(12)13/h5-7,10-11H,2-4H2,1H3,(H,12,13). The topological polar surface area (TPSA) is 81.0 Å². The number of β-amino-alcohol motifs (C(OH)–C–C–N with tert-alkyl or cyclic N) is 2. The third kappa shape index (κ3) is 2.65. The molecule has 1 saturated heterocycles. The summed E-state index contributed by atoms with van der Waals surface area (Å²) < 4.78 is 0. The molecule has 0 saturated carbocycles. The Balaban J connectivity index is 2.55. The molecule has 1 aliphatic heterocycles. The molecule has 0 aliphatic carbocycles. The summed E-state index contributed by atoms with van der Waals surface area (Å²) in [4.78, 5) is 12.3. The van der Waals surface area contributed by atoms with E-state index in [9.17, 15) is 9.90 Å². The average molecular weight is 189 g/mol. The number of carbonyl (C=O) groups is 1. The van der Waals surface area contributed by atoms with Gasteiger partial charge in [0.1, 0.15) is 6.04 Å². The van der Waals surface area contributed by atoms with E-state index in [1.807, 2.05) is 0 Å². The van der Waals surface area contributed by atoms with E-state index in [2.05, 4.69) is 0 Å². The summed E-state index contributed by atoms with van der Waals surface area (Å²) in [5.41, 5.74) is 0. The van der Waals surface area contributed by atoms with Crippen LogP contribution >= 0.6 is 0 Å². The number of aliphatic carboxylic acids is 1. The number of rotatable bonds is 3. The van der Waals surface area contributed by atoms with Crippen molar-refractivity contribution in [1.82, 2.24) is 4.90 Å². The first-order valence-corrected chi connectivity index (χ1v) is 4.33. The second kappa shape index (κ2) is 4.04. The van der Waals surface area contributed by atoms with E-state index in [4.69, 9.17) is 10.2 Å². The Morgan fingerprint density at radius 1 is 1.69 bits per heavy atom. The fourth-order valence-electron chi connectivity index (χ4n) is 1.68. The largest absolute Gasteiger partial charge is 0.480 e. The van der Waals surface area contributed by atoms with Crippen LogP contribution in [0.1, 0.15) is 13.3 Å². The van der Waals surface area contributed by atoms with Crippen molar-refractivity contribution in [2.24, 2.45) is 0 Å². The second-order valence-corrected chi connectivity index (χ2v) is 3.55. The lowest BCUT2D eigenvalue weighted by molar-refractivity contribution is -0.142. The molecule has 13 heavy (non-hydrogen) atoms. The predicted octanol–water partition coefficient (Wildman–Crippen LogP) is -1.11. The molecule has 5 heteroatoms. The van der Waals surface area contributed by atoms with Crippen LogP contribution in [-0.2, 0) is 4.79 Å². The molecule has 0 aromatic rings. The number of hydrogen-bond donors (Lipinski definition) is 3. The highest BCUT2D eigenvalue weighted by Gasteiger charge is 2.36. The summed E-state index contributed by atoms with van der Waals surface area (Å²) >= 11 is 0. The smallest absolute Gasteiger partial charge is 0.321 e. The molecule has 1 aliphatic rings. The van der Waals surface area contributed by atoms with Gasteiger partial charge < -0.3 is 15.3 Å². The lowest BCUT2D eigenvalue weighted by Gasteiger charge is -2.21. The monoisotopic (exact) mass is 189 g/mol. The maximum atomic E-state index is 10.7. The van der Waals surface area contributed by atoms with E-state index in [1.165, 1.54) is 0 Å². The summed E-state index contributed by atoms with van der Waals surface area (Å²) in [5.74, 6) is -0.933. The lowest BCUT2D eigenvalue weighted by atomic mass is 10.2. The molecule has 3 unspecified atom stereocenters. The zero-order valence-electron chi connectivity index (χ0n) is 7.55. The van der Waals surface area contributed by atoms with Crippen LogP contribution in [0.2, 0.25) is 0 Å². The van der Waals surface area contributed by atoms with Crippen molar-refractivity contribution in [1.29, 1.82) is 0 Å². The van der Waals surface area contributed by atoms with E-state index in [1.54, 1.807) is 11.8 Å². The summed E-state index contributed by atoms with van der Waals surface area (Å²) in [6.07, 6.45) is -0.894.